The second-order valence-electron chi connectivity index (χ2n) is 20.6. The van der Waals surface area contributed by atoms with Crippen molar-refractivity contribution in [1.29, 1.82) is 0 Å². The molecule has 30 heteroatoms. The highest BCUT2D eigenvalue weighted by molar-refractivity contribution is 7.98. The van der Waals surface area contributed by atoms with Gasteiger partial charge in [-0.15, -0.1) is 0 Å². The Labute approximate surface area is 471 Å². The third-order valence-electron chi connectivity index (χ3n) is 11.6. The van der Waals surface area contributed by atoms with Crippen LogP contribution in [0.4, 0.5) is 0 Å². The molecule has 9 atom stereocenters. The van der Waals surface area contributed by atoms with Gasteiger partial charge in [-0.1, -0.05) is 55.4 Å². The summed E-state index contributed by atoms with van der Waals surface area (Å²) in [6.45, 7) is 13.2. The zero-order chi connectivity index (χ0) is 60.7. The van der Waals surface area contributed by atoms with Gasteiger partial charge in [0.15, 0.2) is 5.96 Å². The minimum absolute atomic E-state index is 0.00661. The van der Waals surface area contributed by atoms with Crippen LogP contribution in [0, 0.1) is 23.7 Å². The van der Waals surface area contributed by atoms with Crippen molar-refractivity contribution in [2.24, 2.45) is 51.6 Å². The summed E-state index contributed by atoms with van der Waals surface area (Å²) in [6, 6.07) is -11.6. The maximum absolute atomic E-state index is 14.0. The Hall–Kier alpha value is -6.43. The number of thioether (sulfide) groups is 1. The molecule has 0 radical (unpaired) electrons. The van der Waals surface area contributed by atoms with Gasteiger partial charge < -0.3 is 81.0 Å². The number of hydrogen-bond donors (Lipinski definition) is 16. The number of nitrogens with zero attached hydrogens (tertiary/aromatic N) is 1. The number of aliphatic carboxylic acids is 2. The minimum Gasteiger partial charge on any atom is -0.481 e. The van der Waals surface area contributed by atoms with Crippen molar-refractivity contribution >= 4 is 101 Å². The monoisotopic (exact) mass is 1160 g/mol. The molecule has 0 saturated heterocycles. The number of guanidine groups is 1. The molecular formula is C49H88N14O14S2. The van der Waals surface area contributed by atoms with Gasteiger partial charge >= 0.3 is 11.9 Å². The molecule has 10 amide bonds. The van der Waals surface area contributed by atoms with Crippen LogP contribution in [-0.4, -0.2) is 172 Å². The van der Waals surface area contributed by atoms with Crippen LogP contribution in [0.1, 0.15) is 120 Å². The molecule has 450 valence electrons. The Morgan fingerprint density at radius 3 is 1.39 bits per heavy atom. The average molecular weight is 1160 g/mol. The molecule has 0 saturated carbocycles. The molecule has 0 heterocycles. The zero-order valence-corrected chi connectivity index (χ0v) is 48.5. The smallest absolute Gasteiger partial charge is 0.326 e. The van der Waals surface area contributed by atoms with E-state index in [2.05, 4.69) is 65.5 Å². The van der Waals surface area contributed by atoms with Gasteiger partial charge in [-0.05, 0) is 87.0 Å². The van der Waals surface area contributed by atoms with Crippen LogP contribution >= 0.6 is 24.4 Å². The van der Waals surface area contributed by atoms with E-state index in [-0.39, 0.29) is 74.5 Å². The molecule has 28 nitrogen and oxygen atoms in total. The fourth-order valence-corrected chi connectivity index (χ4v) is 8.23. The molecular weight excluding hydrogens is 1070 g/mol. The van der Waals surface area contributed by atoms with Gasteiger partial charge in [-0.2, -0.15) is 24.4 Å². The Morgan fingerprint density at radius 1 is 0.519 bits per heavy atom. The van der Waals surface area contributed by atoms with Crippen LogP contribution in [0.2, 0.25) is 0 Å². The van der Waals surface area contributed by atoms with Crippen molar-refractivity contribution in [2.45, 2.75) is 174 Å². The molecule has 79 heavy (non-hydrogen) atoms. The van der Waals surface area contributed by atoms with Gasteiger partial charge in [0.05, 0.1) is 12.6 Å². The van der Waals surface area contributed by atoms with Crippen LogP contribution in [0.5, 0.6) is 0 Å². The number of carbonyl (C=O) groups excluding carboxylic acids is 10. The molecule has 0 bridgehead atoms. The van der Waals surface area contributed by atoms with E-state index in [1.54, 1.807) is 41.5 Å². The quantitative estimate of drug-likeness (QED) is 0.0126. The maximum atomic E-state index is 14.0. The number of thiol groups is 1. The molecule has 0 aromatic heterocycles. The molecule has 0 fully saturated rings. The SMILES string of the molecule is CSCC[C@H](N)C(=O)N[C@@H](CC(C)C)C(=O)N[C@@H](CS)C(=O)N[C@H](C(=O)N[C@@H](CC(C)C)C(=O)N[C@@H](CCC(N)=O)C(=O)NCC(=O)N[C@@H](CC(C)C)C(=O)N[C@@H](CCCN=C(N)N)C(=O)N[C@@H](CCC(=O)O)C(=O)O)C(C)C. The number of primary amides is 1. The van der Waals surface area contributed by atoms with E-state index in [9.17, 15) is 62.6 Å². The van der Waals surface area contributed by atoms with E-state index in [1.807, 2.05) is 20.1 Å². The number of amides is 10. The molecule has 0 aromatic rings. The lowest BCUT2D eigenvalue weighted by Crippen LogP contribution is -2.61. The lowest BCUT2D eigenvalue weighted by molar-refractivity contribution is -0.143. The summed E-state index contributed by atoms with van der Waals surface area (Å²) in [5.74, 6) is -12.0. The number of nitrogens with one attached hydrogen (secondary N) is 9. The number of nitrogens with two attached hydrogens (primary N) is 4. The fourth-order valence-electron chi connectivity index (χ4n) is 7.49. The van der Waals surface area contributed by atoms with Crippen LogP contribution in [-0.2, 0) is 57.5 Å². The summed E-state index contributed by atoms with van der Waals surface area (Å²) in [5.41, 5.74) is 22.2. The average Bonchev–Trinajstić information content (AvgIpc) is 3.34. The van der Waals surface area contributed by atoms with Crippen molar-refractivity contribution in [3.63, 3.8) is 0 Å². The predicted octanol–water partition coefficient (Wildman–Crippen LogP) is -2.95. The number of carboxylic acid groups (broad SMARTS) is 2. The third-order valence-corrected chi connectivity index (χ3v) is 12.7. The molecule has 0 aliphatic carbocycles. The topological polar surface area (TPSA) is 470 Å². The van der Waals surface area contributed by atoms with E-state index < -0.39 is 157 Å². The molecule has 0 spiro atoms. The summed E-state index contributed by atoms with van der Waals surface area (Å²) in [7, 11) is 0. The first-order valence-corrected chi connectivity index (χ1v) is 28.2. The largest absolute Gasteiger partial charge is 0.481 e. The van der Waals surface area contributed by atoms with Gasteiger partial charge in [0.2, 0.25) is 59.1 Å². The first kappa shape index (κ1) is 72.6. The summed E-state index contributed by atoms with van der Waals surface area (Å²) < 4.78 is 0. The number of hydrogen-bond acceptors (Lipinski definition) is 16. The highest BCUT2D eigenvalue weighted by atomic mass is 32.2. The first-order chi connectivity index (χ1) is 36.8. The lowest BCUT2D eigenvalue weighted by atomic mass is 9.99. The highest BCUT2D eigenvalue weighted by Crippen LogP contribution is 2.13. The second kappa shape index (κ2) is 38.2. The Morgan fingerprint density at radius 2 is 0.949 bits per heavy atom. The molecule has 0 aliphatic heterocycles. The number of carbonyl (C=O) groups is 12. The van der Waals surface area contributed by atoms with Crippen LogP contribution in [0.3, 0.4) is 0 Å². The third kappa shape index (κ3) is 31.1. The van der Waals surface area contributed by atoms with Crippen molar-refractivity contribution in [2.75, 3.05) is 30.9 Å². The fraction of sp³-hybridized carbons (Fsp3) is 0.735. The highest BCUT2D eigenvalue weighted by Gasteiger charge is 2.35. The molecule has 0 aliphatic rings. The second-order valence-corrected chi connectivity index (χ2v) is 22.0. The summed E-state index contributed by atoms with van der Waals surface area (Å²) >= 11 is 5.77. The Balaban J connectivity index is 6.36. The molecule has 0 rings (SSSR count). The van der Waals surface area contributed by atoms with Gasteiger partial charge in [-0.3, -0.25) is 57.7 Å². The van der Waals surface area contributed by atoms with E-state index in [1.165, 1.54) is 11.8 Å². The summed E-state index contributed by atoms with van der Waals surface area (Å²) in [4.78, 5) is 161. The Bertz CT molecular complexity index is 2100. The van der Waals surface area contributed by atoms with E-state index in [0.717, 1.165) is 0 Å². The maximum Gasteiger partial charge on any atom is 0.326 e. The van der Waals surface area contributed by atoms with Crippen LogP contribution in [0.15, 0.2) is 4.99 Å². The van der Waals surface area contributed by atoms with Gasteiger partial charge in [0, 0.05) is 25.1 Å². The number of carboxylic acids is 2. The zero-order valence-electron chi connectivity index (χ0n) is 46.8. The van der Waals surface area contributed by atoms with E-state index >= 15 is 0 Å². The lowest BCUT2D eigenvalue weighted by Gasteiger charge is -2.29. The molecule has 0 unspecified atom stereocenters. The number of aliphatic imine (C=N–C) groups is 1. The minimum atomic E-state index is -1.62. The Kier molecular flexibility index (Phi) is 35.1. The standard InChI is InChI=1S/C49H88N14O14S2/c1-24(2)19-32(43(71)57-29(11-10-17-54-49(52)53)42(70)59-31(48(76)77)13-15-38(66)67)56-37(65)22-55-41(69)30(12-14-36(51)64)58-44(72)34(21-26(5)6)61-47(75)39(27(7)8)63-46(74)35(23-78)62-45(73)33(20-25(3)4)60-40(68)28(50)16-18-79-9/h24-35,39,78H,10-23,50H2,1-9H3,(H2,51,64)(H,55,69)(H,56,65)(H,57,71)(H,58,72)(H,59,70)(H,60,68)(H,61,75)(H,62,73)(H,63,74)(H,66,67)(H,76,77)(H4,52,53,54)/t28-,29-,30-,31-,32-,33-,34-,35-,39-/m0/s1. The van der Waals surface area contributed by atoms with Crippen LogP contribution < -0.4 is 70.8 Å². The van der Waals surface area contributed by atoms with Gasteiger partial charge in [-0.25, -0.2) is 4.79 Å². The van der Waals surface area contributed by atoms with Gasteiger partial charge in [0.1, 0.15) is 48.3 Å². The van der Waals surface area contributed by atoms with Gasteiger partial charge in [0.25, 0.3) is 0 Å². The first-order valence-electron chi connectivity index (χ1n) is 26.2. The van der Waals surface area contributed by atoms with Crippen molar-refractivity contribution in [3.8, 4) is 0 Å². The summed E-state index contributed by atoms with van der Waals surface area (Å²) in [5, 5.41) is 41.3. The summed E-state index contributed by atoms with van der Waals surface area (Å²) in [6.07, 6.45) is 0.683. The predicted molar refractivity (Wildman–Crippen MR) is 299 cm³/mol. The van der Waals surface area contributed by atoms with Crippen molar-refractivity contribution < 1.29 is 67.7 Å². The number of rotatable bonds is 40. The van der Waals surface area contributed by atoms with Crippen molar-refractivity contribution in [3.05, 3.63) is 0 Å². The van der Waals surface area contributed by atoms with Crippen molar-refractivity contribution in [1.82, 2.24) is 47.9 Å². The van der Waals surface area contributed by atoms with E-state index in [4.69, 9.17) is 28.0 Å². The van der Waals surface area contributed by atoms with Crippen LogP contribution in [0.25, 0.3) is 0 Å². The molecule has 19 N–H and O–H groups in total. The normalized spacial score (nSPS) is 14.6. The molecule has 0 aromatic carbocycles. The van der Waals surface area contributed by atoms with E-state index in [0.29, 0.717) is 12.2 Å².